The Morgan fingerprint density at radius 3 is 2.72 bits per heavy atom. The average Bonchev–Trinajstić information content (AvgIpc) is 2.28. The van der Waals surface area contributed by atoms with E-state index < -0.39 is 0 Å². The molecular weight excluding hydrogens is 228 g/mol. The van der Waals surface area contributed by atoms with Crippen molar-refractivity contribution in [2.24, 2.45) is 5.73 Å². The van der Waals surface area contributed by atoms with Gasteiger partial charge in [0.25, 0.3) is 0 Å². The second kappa shape index (κ2) is 6.35. The lowest BCUT2D eigenvalue weighted by molar-refractivity contribution is 0.203. The van der Waals surface area contributed by atoms with E-state index in [9.17, 15) is 0 Å². The molecule has 5 heteroatoms. The van der Waals surface area contributed by atoms with Crippen LogP contribution in [0.2, 0.25) is 0 Å². The molecule has 0 aliphatic rings. The van der Waals surface area contributed by atoms with E-state index in [1.807, 2.05) is 13.0 Å². The van der Waals surface area contributed by atoms with Crippen molar-refractivity contribution < 1.29 is 4.74 Å². The molecule has 0 bridgehead atoms. The molecule has 100 valence electrons. The number of hydrogen-bond acceptors (Lipinski definition) is 4. The lowest BCUT2D eigenvalue weighted by Crippen LogP contribution is -2.36. The first-order chi connectivity index (χ1) is 8.49. The number of amidine groups is 1. The summed E-state index contributed by atoms with van der Waals surface area (Å²) in [6.07, 6.45) is 1.75. The number of rotatable bonds is 6. The van der Waals surface area contributed by atoms with Crippen molar-refractivity contribution in [1.82, 2.24) is 4.98 Å². The Bertz CT molecular complexity index is 417. The third-order valence-corrected chi connectivity index (χ3v) is 2.84. The highest BCUT2D eigenvalue weighted by atomic mass is 16.5. The molecule has 18 heavy (non-hydrogen) atoms. The number of nitrogens with two attached hydrogens (primary N) is 1. The monoisotopic (exact) mass is 250 g/mol. The molecule has 5 nitrogen and oxygen atoms in total. The number of nitrogen functional groups attached to an aromatic ring is 1. The molecule has 0 spiro atoms. The molecule has 0 amide bonds. The van der Waals surface area contributed by atoms with Crippen LogP contribution in [-0.4, -0.2) is 37.1 Å². The molecule has 0 aliphatic carbocycles. The number of nitrogens with zero attached hydrogens (tertiary/aromatic N) is 2. The molecule has 3 N–H and O–H groups in total. The molecular formula is C13H22N4O. The van der Waals surface area contributed by atoms with Gasteiger partial charge in [0, 0.05) is 25.9 Å². The van der Waals surface area contributed by atoms with Crippen molar-refractivity contribution in [2.75, 3.05) is 25.2 Å². The van der Waals surface area contributed by atoms with Crippen LogP contribution in [0.1, 0.15) is 25.0 Å². The van der Waals surface area contributed by atoms with Crippen LogP contribution in [0.25, 0.3) is 0 Å². The molecule has 1 aromatic rings. The summed E-state index contributed by atoms with van der Waals surface area (Å²) in [6.45, 7) is 7.46. The predicted octanol–water partition coefficient (Wildman–Crippen LogP) is 1.54. The number of nitrogens with one attached hydrogen (secondary N) is 1. The Balaban J connectivity index is 3.19. The van der Waals surface area contributed by atoms with E-state index >= 15 is 0 Å². The van der Waals surface area contributed by atoms with Crippen molar-refractivity contribution in [3.05, 3.63) is 23.4 Å². The highest BCUT2D eigenvalue weighted by Crippen LogP contribution is 2.22. The normalized spacial score (nSPS) is 10.7. The van der Waals surface area contributed by atoms with E-state index in [0.29, 0.717) is 12.2 Å². The Labute approximate surface area is 108 Å². The van der Waals surface area contributed by atoms with E-state index in [0.717, 1.165) is 17.9 Å². The Morgan fingerprint density at radius 2 is 2.22 bits per heavy atom. The summed E-state index contributed by atoms with van der Waals surface area (Å²) in [6, 6.07) is 2.14. The lowest BCUT2D eigenvalue weighted by Gasteiger charge is -2.29. The summed E-state index contributed by atoms with van der Waals surface area (Å²) in [5, 5.41) is 7.71. The van der Waals surface area contributed by atoms with E-state index in [2.05, 4.69) is 23.7 Å². The fourth-order valence-corrected chi connectivity index (χ4v) is 1.89. The minimum absolute atomic E-state index is 0.0543. The van der Waals surface area contributed by atoms with Crippen molar-refractivity contribution >= 4 is 11.7 Å². The number of pyridine rings is 1. The number of aryl methyl sites for hydroxylation is 1. The molecule has 1 heterocycles. The van der Waals surface area contributed by atoms with Gasteiger partial charge in [0.15, 0.2) is 0 Å². The fraction of sp³-hybridized carbons (Fsp3) is 0.538. The van der Waals surface area contributed by atoms with Gasteiger partial charge in [0.2, 0.25) is 0 Å². The standard InChI is InChI=1S/C13H22N4O/c1-9(2)17(7-8-18-4)13-11(12(14)15)10(3)5-6-16-13/h5-6,9H,7-8H2,1-4H3,(H3,14,15). The number of aromatic nitrogens is 1. The molecule has 0 saturated carbocycles. The minimum atomic E-state index is 0.0543. The van der Waals surface area contributed by atoms with Crippen LogP contribution >= 0.6 is 0 Å². The molecule has 0 radical (unpaired) electrons. The van der Waals surface area contributed by atoms with Crippen LogP contribution < -0.4 is 10.6 Å². The summed E-state index contributed by atoms with van der Waals surface area (Å²) in [4.78, 5) is 6.49. The van der Waals surface area contributed by atoms with Crippen molar-refractivity contribution in [3.63, 3.8) is 0 Å². The number of methoxy groups -OCH3 is 1. The Morgan fingerprint density at radius 1 is 1.56 bits per heavy atom. The third-order valence-electron chi connectivity index (χ3n) is 2.84. The smallest absolute Gasteiger partial charge is 0.140 e. The first-order valence-electron chi connectivity index (χ1n) is 6.04. The maximum atomic E-state index is 7.71. The lowest BCUT2D eigenvalue weighted by atomic mass is 10.1. The van der Waals surface area contributed by atoms with Crippen LogP contribution in [0, 0.1) is 12.3 Å². The maximum Gasteiger partial charge on any atom is 0.140 e. The molecule has 0 aromatic carbocycles. The third kappa shape index (κ3) is 3.20. The molecule has 1 aromatic heterocycles. The number of hydrogen-bond donors (Lipinski definition) is 2. The van der Waals surface area contributed by atoms with Gasteiger partial charge in [-0.15, -0.1) is 0 Å². The fourth-order valence-electron chi connectivity index (χ4n) is 1.89. The van der Waals surface area contributed by atoms with Gasteiger partial charge >= 0.3 is 0 Å². The first-order valence-corrected chi connectivity index (χ1v) is 6.04. The first kappa shape index (κ1) is 14.4. The van der Waals surface area contributed by atoms with Crippen molar-refractivity contribution in [3.8, 4) is 0 Å². The quantitative estimate of drug-likeness (QED) is 0.593. The van der Waals surface area contributed by atoms with Gasteiger partial charge in [-0.1, -0.05) is 0 Å². The van der Waals surface area contributed by atoms with Gasteiger partial charge in [-0.3, -0.25) is 5.41 Å². The molecule has 0 unspecified atom stereocenters. The summed E-state index contributed by atoms with van der Waals surface area (Å²) < 4.78 is 5.12. The Kier molecular flexibility index (Phi) is 5.09. The van der Waals surface area contributed by atoms with Gasteiger partial charge in [-0.05, 0) is 32.4 Å². The minimum Gasteiger partial charge on any atom is -0.384 e. The van der Waals surface area contributed by atoms with E-state index in [-0.39, 0.29) is 11.9 Å². The van der Waals surface area contributed by atoms with E-state index in [1.54, 1.807) is 13.3 Å². The van der Waals surface area contributed by atoms with Crippen LogP contribution in [-0.2, 0) is 4.74 Å². The summed E-state index contributed by atoms with van der Waals surface area (Å²) >= 11 is 0. The summed E-state index contributed by atoms with van der Waals surface area (Å²) in [7, 11) is 1.67. The van der Waals surface area contributed by atoms with Crippen molar-refractivity contribution in [1.29, 1.82) is 5.41 Å². The zero-order chi connectivity index (χ0) is 13.7. The highest BCUT2D eigenvalue weighted by molar-refractivity contribution is 6.01. The van der Waals surface area contributed by atoms with Crippen molar-refractivity contribution in [2.45, 2.75) is 26.8 Å². The number of ether oxygens (including phenoxy) is 1. The molecule has 0 aliphatic heterocycles. The van der Waals surface area contributed by atoms with Gasteiger partial charge in [0.05, 0.1) is 12.2 Å². The van der Waals surface area contributed by atoms with Crippen LogP contribution in [0.4, 0.5) is 5.82 Å². The highest BCUT2D eigenvalue weighted by Gasteiger charge is 2.18. The maximum absolute atomic E-state index is 7.71. The van der Waals surface area contributed by atoms with Crippen LogP contribution in [0.3, 0.4) is 0 Å². The van der Waals surface area contributed by atoms with Gasteiger partial charge in [0.1, 0.15) is 11.7 Å². The van der Waals surface area contributed by atoms with E-state index in [1.165, 1.54) is 0 Å². The molecule has 1 rings (SSSR count). The number of anilines is 1. The topological polar surface area (TPSA) is 75.2 Å². The largest absolute Gasteiger partial charge is 0.384 e. The Hall–Kier alpha value is -1.62. The van der Waals surface area contributed by atoms with Crippen LogP contribution in [0.15, 0.2) is 12.3 Å². The second-order valence-corrected chi connectivity index (χ2v) is 4.52. The van der Waals surface area contributed by atoms with Crippen LogP contribution in [0.5, 0.6) is 0 Å². The van der Waals surface area contributed by atoms with Gasteiger partial charge in [-0.2, -0.15) is 0 Å². The molecule has 0 saturated heterocycles. The molecule has 0 fully saturated rings. The summed E-state index contributed by atoms with van der Waals surface area (Å²) in [5.74, 6) is 0.813. The zero-order valence-electron chi connectivity index (χ0n) is 11.5. The predicted molar refractivity (Wildman–Crippen MR) is 74.3 cm³/mol. The molecule has 0 atom stereocenters. The second-order valence-electron chi connectivity index (χ2n) is 4.52. The van der Waals surface area contributed by atoms with Gasteiger partial charge < -0.3 is 15.4 Å². The average molecular weight is 250 g/mol. The SMILES string of the molecule is COCCN(c1nccc(C)c1C(=N)N)C(C)C. The van der Waals surface area contributed by atoms with E-state index in [4.69, 9.17) is 15.9 Å². The van der Waals surface area contributed by atoms with Gasteiger partial charge in [-0.25, -0.2) is 4.98 Å². The summed E-state index contributed by atoms with van der Waals surface area (Å²) in [5.41, 5.74) is 7.35. The zero-order valence-corrected chi connectivity index (χ0v) is 11.5.